The molecule has 5 heteroatoms. The zero-order valence-corrected chi connectivity index (χ0v) is 11.6. The van der Waals surface area contributed by atoms with E-state index < -0.39 is 0 Å². The molecule has 1 aliphatic rings. The van der Waals surface area contributed by atoms with Crippen LogP contribution in [0.25, 0.3) is 0 Å². The summed E-state index contributed by atoms with van der Waals surface area (Å²) in [5, 5.41) is 12.4. The minimum Gasteiger partial charge on any atom is -0.370 e. The molecule has 0 unspecified atom stereocenters. The third-order valence-corrected chi connectivity index (χ3v) is 3.87. The predicted molar refractivity (Wildman–Crippen MR) is 75.2 cm³/mol. The van der Waals surface area contributed by atoms with Gasteiger partial charge in [-0.05, 0) is 25.0 Å². The van der Waals surface area contributed by atoms with E-state index in [1.54, 1.807) is 13.1 Å². The molecule has 0 radical (unpaired) electrons. The largest absolute Gasteiger partial charge is 0.370 e. The third-order valence-electron chi connectivity index (χ3n) is 3.56. The molecule has 0 spiro atoms. The first-order valence-corrected chi connectivity index (χ1v) is 6.70. The van der Waals surface area contributed by atoms with Gasteiger partial charge in [-0.25, -0.2) is 0 Å². The standard InChI is InChI=1S/C14H16ClN3O/c1-17-14(19)10-5-7-18(8-6-10)13-4-2-3-12(15)11(13)9-16/h2-4,10H,5-8H2,1H3,(H,17,19). The zero-order chi connectivity index (χ0) is 13.8. The minimum absolute atomic E-state index is 0.0750. The first-order valence-electron chi connectivity index (χ1n) is 6.32. The van der Waals surface area contributed by atoms with E-state index in [-0.39, 0.29) is 11.8 Å². The summed E-state index contributed by atoms with van der Waals surface area (Å²) in [6.45, 7) is 1.54. The van der Waals surface area contributed by atoms with Crippen LogP contribution in [0.5, 0.6) is 0 Å². The number of amides is 1. The predicted octanol–water partition coefficient (Wildman–Crippen LogP) is 2.17. The number of hydrogen-bond acceptors (Lipinski definition) is 3. The number of carbonyl (C=O) groups excluding carboxylic acids is 1. The van der Waals surface area contributed by atoms with E-state index in [0.29, 0.717) is 10.6 Å². The van der Waals surface area contributed by atoms with Gasteiger partial charge < -0.3 is 10.2 Å². The molecule has 19 heavy (non-hydrogen) atoms. The van der Waals surface area contributed by atoms with Crippen LogP contribution in [0, 0.1) is 17.2 Å². The fraction of sp³-hybridized carbons (Fsp3) is 0.429. The Morgan fingerprint density at radius 3 is 2.74 bits per heavy atom. The molecule has 100 valence electrons. The molecule has 0 saturated carbocycles. The molecule has 1 saturated heterocycles. The summed E-state index contributed by atoms with van der Waals surface area (Å²) in [6.07, 6.45) is 1.61. The number of nitriles is 1. The van der Waals surface area contributed by atoms with Crippen LogP contribution in [0.1, 0.15) is 18.4 Å². The molecule has 2 rings (SSSR count). The second-order valence-corrected chi connectivity index (χ2v) is 5.03. The number of carbonyl (C=O) groups is 1. The lowest BCUT2D eigenvalue weighted by atomic mass is 9.95. The van der Waals surface area contributed by atoms with E-state index >= 15 is 0 Å². The molecule has 4 nitrogen and oxygen atoms in total. The fourth-order valence-electron chi connectivity index (χ4n) is 2.47. The van der Waals surface area contributed by atoms with Gasteiger partial charge >= 0.3 is 0 Å². The monoisotopic (exact) mass is 277 g/mol. The van der Waals surface area contributed by atoms with Gasteiger partial charge in [0.2, 0.25) is 5.91 Å². The van der Waals surface area contributed by atoms with E-state index in [1.807, 2.05) is 12.1 Å². The van der Waals surface area contributed by atoms with Crippen LogP contribution in [-0.2, 0) is 4.79 Å². The van der Waals surface area contributed by atoms with E-state index in [1.165, 1.54) is 0 Å². The summed E-state index contributed by atoms with van der Waals surface area (Å²) in [4.78, 5) is 13.7. The Labute approximate surface area is 118 Å². The Morgan fingerprint density at radius 1 is 1.47 bits per heavy atom. The topological polar surface area (TPSA) is 56.1 Å². The van der Waals surface area contributed by atoms with Crippen molar-refractivity contribution in [2.24, 2.45) is 5.92 Å². The average Bonchev–Trinajstić information content (AvgIpc) is 2.46. The zero-order valence-electron chi connectivity index (χ0n) is 10.8. The van der Waals surface area contributed by atoms with Crippen molar-refractivity contribution in [3.8, 4) is 6.07 Å². The second kappa shape index (κ2) is 5.94. The van der Waals surface area contributed by atoms with Crippen LogP contribution < -0.4 is 10.2 Å². The van der Waals surface area contributed by atoms with Gasteiger partial charge in [0.05, 0.1) is 16.3 Å². The van der Waals surface area contributed by atoms with Crippen molar-refractivity contribution in [1.29, 1.82) is 5.26 Å². The molecule has 0 aromatic heterocycles. The van der Waals surface area contributed by atoms with Crippen molar-refractivity contribution in [3.05, 3.63) is 28.8 Å². The lowest BCUT2D eigenvalue weighted by molar-refractivity contribution is -0.125. The van der Waals surface area contributed by atoms with E-state index in [9.17, 15) is 10.1 Å². The SMILES string of the molecule is CNC(=O)C1CCN(c2cccc(Cl)c2C#N)CC1. The van der Waals surface area contributed by atoms with Crippen LogP contribution in [-0.4, -0.2) is 26.0 Å². The molecule has 0 aliphatic carbocycles. The summed E-state index contributed by atoms with van der Waals surface area (Å²) in [5.41, 5.74) is 1.38. The molecular formula is C14H16ClN3O. The number of nitrogens with one attached hydrogen (secondary N) is 1. The van der Waals surface area contributed by atoms with Crippen LogP contribution in [0.2, 0.25) is 5.02 Å². The highest BCUT2D eigenvalue weighted by Gasteiger charge is 2.25. The normalized spacial score (nSPS) is 15.9. The van der Waals surface area contributed by atoms with Gasteiger partial charge in [0.1, 0.15) is 6.07 Å². The number of nitrogens with zero attached hydrogens (tertiary/aromatic N) is 2. The number of halogens is 1. The number of anilines is 1. The summed E-state index contributed by atoms with van der Waals surface area (Å²) in [7, 11) is 1.67. The highest BCUT2D eigenvalue weighted by Crippen LogP contribution is 2.30. The molecule has 1 aromatic rings. The van der Waals surface area contributed by atoms with Gasteiger partial charge in [-0.2, -0.15) is 5.26 Å². The van der Waals surface area contributed by atoms with E-state index in [0.717, 1.165) is 31.6 Å². The molecule has 1 amide bonds. The van der Waals surface area contributed by atoms with Crippen molar-refractivity contribution in [2.45, 2.75) is 12.8 Å². The molecule has 1 N–H and O–H groups in total. The molecule has 0 bridgehead atoms. The van der Waals surface area contributed by atoms with Crippen LogP contribution in [0.4, 0.5) is 5.69 Å². The third kappa shape index (κ3) is 2.82. The van der Waals surface area contributed by atoms with Crippen molar-refractivity contribution < 1.29 is 4.79 Å². The van der Waals surface area contributed by atoms with Crippen molar-refractivity contribution in [1.82, 2.24) is 5.32 Å². The molecule has 1 aromatic carbocycles. The molecule has 0 atom stereocenters. The number of benzene rings is 1. The van der Waals surface area contributed by atoms with Crippen LogP contribution in [0.3, 0.4) is 0 Å². The Bertz CT molecular complexity index is 516. The quantitative estimate of drug-likeness (QED) is 0.901. The lowest BCUT2D eigenvalue weighted by Crippen LogP contribution is -2.39. The van der Waals surface area contributed by atoms with Crippen LogP contribution in [0.15, 0.2) is 18.2 Å². The van der Waals surface area contributed by atoms with E-state index in [2.05, 4.69) is 16.3 Å². The highest BCUT2D eigenvalue weighted by atomic mass is 35.5. The van der Waals surface area contributed by atoms with Crippen molar-refractivity contribution >= 4 is 23.2 Å². The first kappa shape index (κ1) is 13.7. The summed E-state index contributed by atoms with van der Waals surface area (Å²) in [5.74, 6) is 0.178. The van der Waals surface area contributed by atoms with Gasteiger partial charge in [-0.1, -0.05) is 17.7 Å². The van der Waals surface area contributed by atoms with Crippen molar-refractivity contribution in [2.75, 3.05) is 25.0 Å². The van der Waals surface area contributed by atoms with Gasteiger partial charge in [0.25, 0.3) is 0 Å². The summed E-state index contributed by atoms with van der Waals surface area (Å²) >= 11 is 6.04. The maximum Gasteiger partial charge on any atom is 0.222 e. The number of rotatable bonds is 2. The van der Waals surface area contributed by atoms with Gasteiger partial charge in [0.15, 0.2) is 0 Å². The Hall–Kier alpha value is -1.73. The Balaban J connectivity index is 2.12. The molecule has 1 aliphatic heterocycles. The average molecular weight is 278 g/mol. The summed E-state index contributed by atoms with van der Waals surface area (Å²) < 4.78 is 0. The van der Waals surface area contributed by atoms with Gasteiger partial charge in [-0.3, -0.25) is 4.79 Å². The highest BCUT2D eigenvalue weighted by molar-refractivity contribution is 6.32. The maximum absolute atomic E-state index is 11.6. The number of piperidine rings is 1. The molecule has 1 heterocycles. The smallest absolute Gasteiger partial charge is 0.222 e. The maximum atomic E-state index is 11.6. The van der Waals surface area contributed by atoms with Gasteiger partial charge in [-0.15, -0.1) is 0 Å². The lowest BCUT2D eigenvalue weighted by Gasteiger charge is -2.33. The first-order chi connectivity index (χ1) is 9.17. The van der Waals surface area contributed by atoms with E-state index in [4.69, 9.17) is 11.6 Å². The Kier molecular flexibility index (Phi) is 4.28. The fourth-order valence-corrected chi connectivity index (χ4v) is 2.69. The Morgan fingerprint density at radius 2 is 2.16 bits per heavy atom. The number of hydrogen-bond donors (Lipinski definition) is 1. The van der Waals surface area contributed by atoms with Crippen LogP contribution >= 0.6 is 11.6 Å². The minimum atomic E-state index is 0.0750. The second-order valence-electron chi connectivity index (χ2n) is 4.62. The van der Waals surface area contributed by atoms with Gasteiger partial charge in [0, 0.05) is 26.1 Å². The van der Waals surface area contributed by atoms with Crippen molar-refractivity contribution in [3.63, 3.8) is 0 Å². The summed E-state index contributed by atoms with van der Waals surface area (Å²) in [6, 6.07) is 7.63. The molecule has 1 fully saturated rings. The molecular weight excluding hydrogens is 262 g/mol.